The molecule has 20 heavy (non-hydrogen) atoms. The van der Waals surface area contributed by atoms with Gasteiger partial charge in [0.05, 0.1) is 0 Å². The van der Waals surface area contributed by atoms with Gasteiger partial charge in [-0.1, -0.05) is 53.9 Å². The van der Waals surface area contributed by atoms with Crippen LogP contribution >= 0.6 is 0 Å². The fourth-order valence-corrected chi connectivity index (χ4v) is 6.08. The van der Waals surface area contributed by atoms with Crippen molar-refractivity contribution in [2.24, 2.45) is 27.6 Å². The molecule has 3 rings (SSSR count). The Labute approximate surface area is 127 Å². The van der Waals surface area contributed by atoms with Crippen LogP contribution in [0.4, 0.5) is 0 Å². The van der Waals surface area contributed by atoms with Crippen molar-refractivity contribution in [3.8, 4) is 0 Å². The summed E-state index contributed by atoms with van der Waals surface area (Å²) in [6, 6.07) is 0. The van der Waals surface area contributed by atoms with E-state index in [2.05, 4.69) is 34.6 Å². The van der Waals surface area contributed by atoms with Gasteiger partial charge in [-0.05, 0) is 72.5 Å². The van der Waals surface area contributed by atoms with Gasteiger partial charge in [-0.25, -0.2) is 0 Å². The predicted molar refractivity (Wildman–Crippen MR) is 87.8 cm³/mol. The smallest absolute Gasteiger partial charge is 0.0241 e. The molecule has 116 valence electrons. The van der Waals surface area contributed by atoms with Gasteiger partial charge in [-0.15, -0.1) is 0 Å². The average Bonchev–Trinajstić information content (AvgIpc) is 3.20. The van der Waals surface area contributed by atoms with Crippen molar-refractivity contribution in [1.82, 2.24) is 0 Å². The average molecular weight is 277 g/mol. The first-order chi connectivity index (χ1) is 9.32. The second-order valence-corrected chi connectivity index (χ2v) is 9.52. The van der Waals surface area contributed by atoms with Gasteiger partial charge in [0.15, 0.2) is 0 Å². The zero-order valence-corrected chi connectivity index (χ0v) is 14.6. The molecule has 3 aliphatic rings. The highest BCUT2D eigenvalue weighted by Gasteiger charge is 2.63. The molecule has 0 aromatic rings. The minimum atomic E-state index is 0.690. The first-order valence-corrected chi connectivity index (χ1v) is 9.32. The molecule has 3 saturated carbocycles. The van der Waals surface area contributed by atoms with E-state index >= 15 is 0 Å². The lowest BCUT2D eigenvalue weighted by Gasteiger charge is -2.32. The molecule has 0 nitrogen and oxygen atoms in total. The molecule has 3 aliphatic carbocycles. The molecule has 0 aliphatic heterocycles. The lowest BCUT2D eigenvalue weighted by molar-refractivity contribution is 0.191. The Hall–Kier alpha value is 0. The SMILES string of the molecule is CCC1(C)CC1(CC)CCCC1CCC2(C)CC2(C)C1. The van der Waals surface area contributed by atoms with Gasteiger partial charge in [-0.3, -0.25) is 0 Å². The van der Waals surface area contributed by atoms with Crippen LogP contribution in [0, 0.1) is 27.6 Å². The molecule has 0 aromatic carbocycles. The van der Waals surface area contributed by atoms with Crippen molar-refractivity contribution < 1.29 is 0 Å². The van der Waals surface area contributed by atoms with E-state index in [1.54, 1.807) is 0 Å². The molecule has 0 spiro atoms. The van der Waals surface area contributed by atoms with E-state index in [-0.39, 0.29) is 0 Å². The standard InChI is InChI=1S/C20H36/c1-6-17(3)15-20(17,7-2)11-8-9-16-10-12-18(4)14-19(18,5)13-16/h16H,6-15H2,1-5H3. The summed E-state index contributed by atoms with van der Waals surface area (Å²) in [5, 5.41) is 0. The lowest BCUT2D eigenvalue weighted by Crippen LogP contribution is -2.21. The molecule has 0 aromatic heterocycles. The minimum Gasteiger partial charge on any atom is -0.0648 e. The second kappa shape index (κ2) is 4.50. The summed E-state index contributed by atoms with van der Waals surface area (Å²) in [5.74, 6) is 1.05. The van der Waals surface area contributed by atoms with E-state index in [4.69, 9.17) is 0 Å². The van der Waals surface area contributed by atoms with Crippen LogP contribution in [0.5, 0.6) is 0 Å². The van der Waals surface area contributed by atoms with Crippen LogP contribution < -0.4 is 0 Å². The first kappa shape index (κ1) is 14.9. The van der Waals surface area contributed by atoms with Crippen LogP contribution in [0.15, 0.2) is 0 Å². The fraction of sp³-hybridized carbons (Fsp3) is 1.00. The van der Waals surface area contributed by atoms with Gasteiger partial charge in [-0.2, -0.15) is 0 Å². The predicted octanol–water partition coefficient (Wildman–Crippen LogP) is 6.59. The fourth-order valence-electron chi connectivity index (χ4n) is 6.08. The first-order valence-electron chi connectivity index (χ1n) is 9.32. The van der Waals surface area contributed by atoms with Crippen LogP contribution in [0.2, 0.25) is 0 Å². The van der Waals surface area contributed by atoms with Gasteiger partial charge in [0, 0.05) is 0 Å². The van der Waals surface area contributed by atoms with Crippen molar-refractivity contribution in [1.29, 1.82) is 0 Å². The topological polar surface area (TPSA) is 0 Å². The van der Waals surface area contributed by atoms with E-state index < -0.39 is 0 Å². The molecule has 0 amide bonds. The molecular weight excluding hydrogens is 240 g/mol. The van der Waals surface area contributed by atoms with E-state index in [1.807, 2.05) is 0 Å². The summed E-state index contributed by atoms with van der Waals surface area (Å²) in [7, 11) is 0. The number of hydrogen-bond acceptors (Lipinski definition) is 0. The Morgan fingerprint density at radius 3 is 2.25 bits per heavy atom. The van der Waals surface area contributed by atoms with Crippen molar-refractivity contribution in [2.75, 3.05) is 0 Å². The summed E-state index contributed by atoms with van der Waals surface area (Å²) in [5.41, 5.74) is 2.89. The molecule has 0 radical (unpaired) electrons. The number of rotatable bonds is 6. The third-order valence-electron chi connectivity index (χ3n) is 8.56. The van der Waals surface area contributed by atoms with Crippen molar-refractivity contribution in [2.45, 2.75) is 98.8 Å². The summed E-state index contributed by atoms with van der Waals surface area (Å²) >= 11 is 0. The Morgan fingerprint density at radius 2 is 1.70 bits per heavy atom. The van der Waals surface area contributed by atoms with Crippen LogP contribution in [0.25, 0.3) is 0 Å². The third kappa shape index (κ3) is 2.08. The quantitative estimate of drug-likeness (QED) is 0.513. The maximum Gasteiger partial charge on any atom is -0.0241 e. The van der Waals surface area contributed by atoms with Crippen molar-refractivity contribution in [3.05, 3.63) is 0 Å². The lowest BCUT2D eigenvalue weighted by atomic mass is 9.73. The Balaban J connectivity index is 1.45. The highest BCUT2D eigenvalue weighted by molar-refractivity contribution is 5.13. The minimum absolute atomic E-state index is 0.690. The van der Waals surface area contributed by atoms with Gasteiger partial charge >= 0.3 is 0 Å². The van der Waals surface area contributed by atoms with Gasteiger partial charge < -0.3 is 0 Å². The number of fused-ring (bicyclic) bond motifs is 1. The molecule has 0 heteroatoms. The summed E-state index contributed by atoms with van der Waals surface area (Å²) < 4.78 is 0. The number of hydrogen-bond donors (Lipinski definition) is 0. The largest absolute Gasteiger partial charge is 0.0648 e. The zero-order chi connectivity index (χ0) is 14.6. The maximum absolute atomic E-state index is 2.56. The summed E-state index contributed by atoms with van der Waals surface area (Å²) in [4.78, 5) is 0. The highest BCUT2D eigenvalue weighted by Crippen LogP contribution is 2.73. The highest BCUT2D eigenvalue weighted by atomic mass is 14.7. The van der Waals surface area contributed by atoms with E-state index in [1.165, 1.54) is 64.2 Å². The molecule has 5 atom stereocenters. The molecular formula is C20H36. The molecule has 0 bridgehead atoms. The van der Waals surface area contributed by atoms with Crippen LogP contribution in [-0.2, 0) is 0 Å². The summed E-state index contributed by atoms with van der Waals surface area (Å²) in [6.07, 6.45) is 14.9. The third-order valence-corrected chi connectivity index (χ3v) is 8.56. The molecule has 0 saturated heterocycles. The summed E-state index contributed by atoms with van der Waals surface area (Å²) in [6.45, 7) is 12.5. The van der Waals surface area contributed by atoms with E-state index in [0.29, 0.717) is 5.41 Å². The van der Waals surface area contributed by atoms with Crippen LogP contribution in [-0.4, -0.2) is 0 Å². The van der Waals surface area contributed by atoms with E-state index in [9.17, 15) is 0 Å². The Morgan fingerprint density at radius 1 is 0.950 bits per heavy atom. The van der Waals surface area contributed by atoms with E-state index in [0.717, 1.165) is 22.2 Å². The van der Waals surface area contributed by atoms with Crippen molar-refractivity contribution in [3.63, 3.8) is 0 Å². The molecule has 5 unspecified atom stereocenters. The van der Waals surface area contributed by atoms with Crippen LogP contribution in [0.3, 0.4) is 0 Å². The Kier molecular flexibility index (Phi) is 3.35. The maximum atomic E-state index is 2.56. The normalized spacial score (nSPS) is 53.5. The van der Waals surface area contributed by atoms with Gasteiger partial charge in [0.25, 0.3) is 0 Å². The molecule has 3 fully saturated rings. The van der Waals surface area contributed by atoms with Crippen LogP contribution in [0.1, 0.15) is 98.8 Å². The molecule has 0 heterocycles. The van der Waals surface area contributed by atoms with Gasteiger partial charge in [0.1, 0.15) is 0 Å². The zero-order valence-electron chi connectivity index (χ0n) is 14.6. The molecule has 0 N–H and O–H groups in total. The van der Waals surface area contributed by atoms with Crippen molar-refractivity contribution >= 4 is 0 Å². The second-order valence-electron chi connectivity index (χ2n) is 9.52. The monoisotopic (exact) mass is 276 g/mol. The Bertz CT molecular complexity index is 385. The van der Waals surface area contributed by atoms with Gasteiger partial charge in [0.2, 0.25) is 0 Å².